The minimum absolute atomic E-state index is 0.100. The van der Waals surface area contributed by atoms with Gasteiger partial charge in [-0.15, -0.1) is 6.58 Å². The summed E-state index contributed by atoms with van der Waals surface area (Å²) in [4.78, 5) is 2.06. The third-order valence-corrected chi connectivity index (χ3v) is 3.07. The van der Waals surface area contributed by atoms with E-state index in [0.717, 1.165) is 11.1 Å². The quantitative estimate of drug-likeness (QED) is 0.801. The van der Waals surface area contributed by atoms with Crippen molar-refractivity contribution >= 4 is 5.52 Å². The van der Waals surface area contributed by atoms with Crippen molar-refractivity contribution in [3.05, 3.63) is 54.4 Å². The molecule has 0 aromatic carbocycles. The average Bonchev–Trinajstić information content (AvgIpc) is 2.76. The summed E-state index contributed by atoms with van der Waals surface area (Å²) >= 11 is 0. The Hall–Kier alpha value is -2.09. The van der Waals surface area contributed by atoms with Gasteiger partial charge >= 0.3 is 0 Å². The minimum atomic E-state index is 0.100. The van der Waals surface area contributed by atoms with E-state index in [2.05, 4.69) is 17.5 Å². The first kappa shape index (κ1) is 13.3. The van der Waals surface area contributed by atoms with E-state index in [0.29, 0.717) is 25.2 Å². The molecule has 0 bridgehead atoms. The molecule has 0 aliphatic rings. The lowest BCUT2D eigenvalue weighted by Gasteiger charge is -2.18. The highest BCUT2D eigenvalue weighted by Gasteiger charge is 2.12. The van der Waals surface area contributed by atoms with Crippen LogP contribution in [0.2, 0.25) is 0 Å². The molecule has 2 aromatic heterocycles. The highest BCUT2D eigenvalue weighted by atomic mass is 16.3. The van der Waals surface area contributed by atoms with Crippen LogP contribution in [0.15, 0.2) is 43.2 Å². The Bertz CT molecular complexity index is 609. The Labute approximate surface area is 112 Å². The van der Waals surface area contributed by atoms with Crippen LogP contribution in [0.1, 0.15) is 11.1 Å². The Morgan fingerprint density at radius 3 is 3.00 bits per heavy atom. The van der Waals surface area contributed by atoms with Crippen molar-refractivity contribution in [2.75, 3.05) is 19.7 Å². The second-order valence-electron chi connectivity index (χ2n) is 4.38. The van der Waals surface area contributed by atoms with Crippen molar-refractivity contribution < 1.29 is 5.11 Å². The molecule has 0 atom stereocenters. The largest absolute Gasteiger partial charge is 0.395 e. The van der Waals surface area contributed by atoms with Crippen LogP contribution in [-0.2, 0) is 6.54 Å². The van der Waals surface area contributed by atoms with Crippen LogP contribution in [-0.4, -0.2) is 34.1 Å². The van der Waals surface area contributed by atoms with E-state index in [-0.39, 0.29) is 6.61 Å². The summed E-state index contributed by atoms with van der Waals surface area (Å²) in [5.74, 6) is 0. The van der Waals surface area contributed by atoms with Gasteiger partial charge in [0.05, 0.1) is 17.7 Å². The molecule has 2 heterocycles. The zero-order chi connectivity index (χ0) is 13.7. The minimum Gasteiger partial charge on any atom is -0.395 e. The fourth-order valence-electron chi connectivity index (χ4n) is 2.23. The van der Waals surface area contributed by atoms with Gasteiger partial charge < -0.3 is 9.51 Å². The smallest absolute Gasteiger partial charge is 0.102 e. The Morgan fingerprint density at radius 1 is 1.47 bits per heavy atom. The Balaban J connectivity index is 2.33. The molecule has 98 valence electrons. The lowest BCUT2D eigenvalue weighted by molar-refractivity contribution is 0.203. The van der Waals surface area contributed by atoms with E-state index in [9.17, 15) is 5.26 Å². The molecular weight excluding hydrogens is 238 g/mol. The van der Waals surface area contributed by atoms with Crippen LogP contribution in [0.4, 0.5) is 0 Å². The molecule has 2 aromatic rings. The zero-order valence-corrected chi connectivity index (χ0v) is 10.8. The van der Waals surface area contributed by atoms with Crippen LogP contribution in [0.5, 0.6) is 0 Å². The van der Waals surface area contributed by atoms with Gasteiger partial charge in [0.2, 0.25) is 0 Å². The van der Waals surface area contributed by atoms with Gasteiger partial charge in [0, 0.05) is 37.6 Å². The molecule has 4 heteroatoms. The molecule has 0 spiro atoms. The third-order valence-electron chi connectivity index (χ3n) is 3.07. The Morgan fingerprint density at radius 2 is 2.32 bits per heavy atom. The number of pyridine rings is 1. The maximum Gasteiger partial charge on any atom is 0.102 e. The Kier molecular flexibility index (Phi) is 4.35. The maximum atomic E-state index is 9.33. The number of hydrogen-bond donors (Lipinski definition) is 1. The molecular formula is C15H17N3O. The monoisotopic (exact) mass is 255 g/mol. The van der Waals surface area contributed by atoms with Gasteiger partial charge in [-0.05, 0) is 12.1 Å². The van der Waals surface area contributed by atoms with Crippen molar-refractivity contribution in [2.24, 2.45) is 0 Å². The molecule has 19 heavy (non-hydrogen) atoms. The standard InChI is InChI=1S/C15H17N3O/c1-2-6-17(8-9-19)11-13-12-18-7-4-3-5-15(18)14(13)10-16/h2-5,7,12,19H,1,6,8-9,11H2. The zero-order valence-electron chi connectivity index (χ0n) is 10.8. The number of rotatable bonds is 6. The fraction of sp³-hybridized carbons (Fsp3) is 0.267. The van der Waals surface area contributed by atoms with Gasteiger partial charge in [-0.3, -0.25) is 4.90 Å². The molecule has 0 radical (unpaired) electrons. The van der Waals surface area contributed by atoms with Gasteiger partial charge in [-0.25, -0.2) is 0 Å². The van der Waals surface area contributed by atoms with Crippen LogP contribution >= 0.6 is 0 Å². The second-order valence-corrected chi connectivity index (χ2v) is 4.38. The summed E-state index contributed by atoms with van der Waals surface area (Å²) in [5, 5.41) is 18.4. The molecule has 0 amide bonds. The number of hydrogen-bond acceptors (Lipinski definition) is 3. The molecule has 0 aliphatic carbocycles. The lowest BCUT2D eigenvalue weighted by Crippen LogP contribution is -2.26. The molecule has 1 N–H and O–H groups in total. The van der Waals surface area contributed by atoms with Crippen LogP contribution in [0.25, 0.3) is 5.52 Å². The summed E-state index contributed by atoms with van der Waals surface area (Å²) < 4.78 is 1.96. The van der Waals surface area contributed by atoms with Crippen LogP contribution in [0.3, 0.4) is 0 Å². The number of aromatic nitrogens is 1. The highest BCUT2D eigenvalue weighted by molar-refractivity contribution is 5.65. The number of nitrogens with zero attached hydrogens (tertiary/aromatic N) is 3. The van der Waals surface area contributed by atoms with E-state index < -0.39 is 0 Å². The fourth-order valence-corrected chi connectivity index (χ4v) is 2.23. The molecule has 4 nitrogen and oxygen atoms in total. The van der Waals surface area contributed by atoms with Gasteiger partial charge in [0.1, 0.15) is 6.07 Å². The van der Waals surface area contributed by atoms with Crippen molar-refractivity contribution in [1.29, 1.82) is 5.26 Å². The lowest BCUT2D eigenvalue weighted by atomic mass is 10.1. The van der Waals surface area contributed by atoms with Gasteiger partial charge in [0.15, 0.2) is 0 Å². The van der Waals surface area contributed by atoms with E-state index in [1.165, 1.54) is 0 Å². The maximum absolute atomic E-state index is 9.33. The summed E-state index contributed by atoms with van der Waals surface area (Å²) in [6, 6.07) is 8.07. The summed E-state index contributed by atoms with van der Waals surface area (Å²) in [5.41, 5.74) is 2.60. The van der Waals surface area contributed by atoms with Gasteiger partial charge in [0.25, 0.3) is 0 Å². The van der Waals surface area contributed by atoms with Gasteiger partial charge in [-0.2, -0.15) is 5.26 Å². The number of aliphatic hydroxyl groups is 1. The first-order chi connectivity index (χ1) is 9.30. The van der Waals surface area contributed by atoms with E-state index in [4.69, 9.17) is 5.11 Å². The number of fused-ring (bicyclic) bond motifs is 1. The van der Waals surface area contributed by atoms with E-state index in [1.54, 1.807) is 6.08 Å². The SMILES string of the molecule is C=CCN(CCO)Cc1cn2ccccc2c1C#N. The average molecular weight is 255 g/mol. The summed E-state index contributed by atoms with van der Waals surface area (Å²) in [6.45, 7) is 5.72. The number of aliphatic hydroxyl groups excluding tert-OH is 1. The summed E-state index contributed by atoms with van der Waals surface area (Å²) in [7, 11) is 0. The predicted molar refractivity (Wildman–Crippen MR) is 74.7 cm³/mol. The molecule has 0 saturated heterocycles. The first-order valence-corrected chi connectivity index (χ1v) is 6.23. The van der Waals surface area contributed by atoms with E-state index in [1.807, 2.05) is 35.0 Å². The molecule has 0 fully saturated rings. The molecule has 0 saturated carbocycles. The molecule has 0 aliphatic heterocycles. The third kappa shape index (κ3) is 2.84. The normalized spacial score (nSPS) is 10.8. The van der Waals surface area contributed by atoms with Crippen molar-refractivity contribution in [3.63, 3.8) is 0 Å². The van der Waals surface area contributed by atoms with Crippen molar-refractivity contribution in [2.45, 2.75) is 6.54 Å². The van der Waals surface area contributed by atoms with Gasteiger partial charge in [-0.1, -0.05) is 12.1 Å². The van der Waals surface area contributed by atoms with E-state index >= 15 is 0 Å². The predicted octanol–water partition coefficient (Wildman–Crippen LogP) is 1.79. The topological polar surface area (TPSA) is 51.7 Å². The highest BCUT2D eigenvalue weighted by Crippen LogP contribution is 2.19. The first-order valence-electron chi connectivity index (χ1n) is 6.23. The van der Waals surface area contributed by atoms with Crippen molar-refractivity contribution in [1.82, 2.24) is 9.30 Å². The molecule has 0 unspecified atom stereocenters. The molecule has 2 rings (SSSR count). The van der Waals surface area contributed by atoms with Crippen LogP contribution < -0.4 is 0 Å². The second kappa shape index (κ2) is 6.19. The summed E-state index contributed by atoms with van der Waals surface area (Å²) in [6.07, 6.45) is 5.71. The number of nitriles is 1. The van der Waals surface area contributed by atoms with Crippen LogP contribution in [0, 0.1) is 11.3 Å². The van der Waals surface area contributed by atoms with Crippen molar-refractivity contribution in [3.8, 4) is 6.07 Å².